The lowest BCUT2D eigenvalue weighted by molar-refractivity contribution is 0.0297. The zero-order valence-electron chi connectivity index (χ0n) is 17.4. The number of carbonyl (C=O) groups excluding carboxylic acids is 1. The number of nitrogens with zero attached hydrogens (tertiary/aromatic N) is 3. The maximum atomic E-state index is 13.2. The molecule has 0 saturated carbocycles. The Labute approximate surface area is 180 Å². The molecule has 6 nitrogen and oxygen atoms in total. The number of nitrogens with one attached hydrogen (secondary N) is 1. The van der Waals surface area contributed by atoms with Gasteiger partial charge in [0.1, 0.15) is 0 Å². The van der Waals surface area contributed by atoms with E-state index in [1.165, 1.54) is 20.7 Å². The fourth-order valence-corrected chi connectivity index (χ4v) is 5.60. The molecule has 1 N–H and O–H groups in total. The highest BCUT2D eigenvalue weighted by atomic mass is 32.1. The Bertz CT molecular complexity index is 1020. The van der Waals surface area contributed by atoms with E-state index in [9.17, 15) is 4.79 Å². The normalized spacial score (nSPS) is 19.2. The van der Waals surface area contributed by atoms with Crippen molar-refractivity contribution in [2.45, 2.75) is 45.3 Å². The molecule has 5 rings (SSSR count). The topological polar surface area (TPSA) is 59.4 Å². The van der Waals surface area contributed by atoms with Crippen LogP contribution in [0.3, 0.4) is 0 Å². The molecule has 0 spiro atoms. The van der Waals surface area contributed by atoms with E-state index < -0.39 is 0 Å². The first kappa shape index (κ1) is 19.7. The second-order valence-electron chi connectivity index (χ2n) is 8.07. The Morgan fingerprint density at radius 2 is 2.13 bits per heavy atom. The number of hydrogen-bond donors (Lipinski definition) is 1. The molecule has 158 valence electrons. The van der Waals surface area contributed by atoms with Gasteiger partial charge in [0.2, 0.25) is 0 Å². The summed E-state index contributed by atoms with van der Waals surface area (Å²) in [6.07, 6.45) is 2.91. The molecule has 1 amide bonds. The van der Waals surface area contributed by atoms with Gasteiger partial charge in [-0.15, -0.1) is 11.3 Å². The molecule has 1 fully saturated rings. The molecule has 7 heteroatoms. The number of aryl methyl sites for hydroxylation is 1. The summed E-state index contributed by atoms with van der Waals surface area (Å²) >= 11 is 1.85. The van der Waals surface area contributed by atoms with Gasteiger partial charge in [0.25, 0.3) is 5.91 Å². The Kier molecular flexibility index (Phi) is 5.58. The number of hydrogen-bond acceptors (Lipinski definition) is 5. The van der Waals surface area contributed by atoms with Crippen LogP contribution in [0.15, 0.2) is 30.3 Å². The van der Waals surface area contributed by atoms with E-state index in [0.29, 0.717) is 38.0 Å². The molecule has 30 heavy (non-hydrogen) atoms. The number of carbonyl (C=O) groups is 1. The van der Waals surface area contributed by atoms with E-state index in [0.717, 1.165) is 37.9 Å². The van der Waals surface area contributed by atoms with E-state index in [1.54, 1.807) is 0 Å². The molecule has 2 aliphatic rings. The van der Waals surface area contributed by atoms with Crippen molar-refractivity contribution < 1.29 is 9.53 Å². The van der Waals surface area contributed by atoms with Gasteiger partial charge in [-0.05, 0) is 43.7 Å². The van der Waals surface area contributed by atoms with Crippen molar-refractivity contribution in [2.24, 2.45) is 0 Å². The van der Waals surface area contributed by atoms with Crippen LogP contribution in [0.2, 0.25) is 0 Å². The predicted molar refractivity (Wildman–Crippen MR) is 119 cm³/mol. The highest BCUT2D eigenvalue weighted by Crippen LogP contribution is 2.28. The van der Waals surface area contributed by atoms with Crippen LogP contribution < -0.4 is 5.32 Å². The van der Waals surface area contributed by atoms with Gasteiger partial charge < -0.3 is 15.0 Å². The summed E-state index contributed by atoms with van der Waals surface area (Å²) in [4.78, 5) is 16.4. The first-order valence-electron chi connectivity index (χ1n) is 10.9. The molecule has 1 aliphatic carbocycles. The van der Waals surface area contributed by atoms with E-state index in [2.05, 4.69) is 42.6 Å². The SMILES string of the molecule is CCn1nc(C(=O)N2CCOCC2)c2c1CCC(NCc1cc3ccccc3s1)C2. The van der Waals surface area contributed by atoms with E-state index in [1.807, 2.05) is 20.9 Å². The van der Waals surface area contributed by atoms with Crippen molar-refractivity contribution in [1.29, 1.82) is 0 Å². The van der Waals surface area contributed by atoms with Gasteiger partial charge in [-0.2, -0.15) is 5.10 Å². The molecule has 1 atom stereocenters. The van der Waals surface area contributed by atoms with Gasteiger partial charge in [0.15, 0.2) is 5.69 Å². The van der Waals surface area contributed by atoms with Crippen molar-refractivity contribution in [3.05, 3.63) is 52.2 Å². The van der Waals surface area contributed by atoms with Crippen molar-refractivity contribution in [3.63, 3.8) is 0 Å². The van der Waals surface area contributed by atoms with Crippen LogP contribution >= 0.6 is 11.3 Å². The number of rotatable bonds is 5. The zero-order valence-corrected chi connectivity index (χ0v) is 18.2. The molecule has 1 aliphatic heterocycles. The van der Waals surface area contributed by atoms with Gasteiger partial charge in [-0.1, -0.05) is 18.2 Å². The van der Waals surface area contributed by atoms with E-state index >= 15 is 0 Å². The highest BCUT2D eigenvalue weighted by molar-refractivity contribution is 7.19. The van der Waals surface area contributed by atoms with Crippen LogP contribution in [0.4, 0.5) is 0 Å². The Morgan fingerprint density at radius 3 is 2.93 bits per heavy atom. The lowest BCUT2D eigenvalue weighted by atomic mass is 9.91. The Balaban J connectivity index is 1.32. The van der Waals surface area contributed by atoms with Gasteiger partial charge in [-0.3, -0.25) is 9.48 Å². The first-order valence-corrected chi connectivity index (χ1v) is 11.7. The zero-order chi connectivity index (χ0) is 20.5. The van der Waals surface area contributed by atoms with Crippen molar-refractivity contribution >= 4 is 27.3 Å². The van der Waals surface area contributed by atoms with Crippen LogP contribution in [0, 0.1) is 0 Å². The summed E-state index contributed by atoms with van der Waals surface area (Å²) < 4.78 is 8.78. The number of benzene rings is 1. The Morgan fingerprint density at radius 1 is 1.30 bits per heavy atom. The fourth-order valence-electron chi connectivity index (χ4n) is 4.58. The highest BCUT2D eigenvalue weighted by Gasteiger charge is 2.31. The summed E-state index contributed by atoms with van der Waals surface area (Å²) in [5.74, 6) is 0.0620. The van der Waals surface area contributed by atoms with Gasteiger partial charge in [-0.25, -0.2) is 0 Å². The van der Waals surface area contributed by atoms with Crippen molar-refractivity contribution in [1.82, 2.24) is 20.0 Å². The van der Waals surface area contributed by atoms with Crippen molar-refractivity contribution in [2.75, 3.05) is 26.3 Å². The van der Waals surface area contributed by atoms with Gasteiger partial charge in [0, 0.05) is 53.1 Å². The summed E-state index contributed by atoms with van der Waals surface area (Å²) in [6, 6.07) is 11.2. The molecule has 0 bridgehead atoms. The van der Waals surface area contributed by atoms with Crippen LogP contribution in [-0.4, -0.2) is 52.9 Å². The van der Waals surface area contributed by atoms with E-state index in [4.69, 9.17) is 9.84 Å². The number of morpholine rings is 1. The molecule has 3 heterocycles. The van der Waals surface area contributed by atoms with Crippen LogP contribution in [0.5, 0.6) is 0 Å². The minimum absolute atomic E-state index is 0.0620. The van der Waals surface area contributed by atoms with Crippen LogP contribution in [0.25, 0.3) is 10.1 Å². The second kappa shape index (κ2) is 8.49. The largest absolute Gasteiger partial charge is 0.378 e. The van der Waals surface area contributed by atoms with Gasteiger partial charge >= 0.3 is 0 Å². The summed E-state index contributed by atoms with van der Waals surface area (Å²) in [7, 11) is 0. The number of fused-ring (bicyclic) bond motifs is 2. The summed E-state index contributed by atoms with van der Waals surface area (Å²) in [6.45, 7) is 6.30. The molecule has 2 aromatic heterocycles. The maximum absolute atomic E-state index is 13.2. The summed E-state index contributed by atoms with van der Waals surface area (Å²) in [5.41, 5.74) is 3.05. The predicted octanol–water partition coefficient (Wildman–Crippen LogP) is 3.24. The quantitative estimate of drug-likeness (QED) is 0.683. The molecule has 0 radical (unpaired) electrons. The minimum Gasteiger partial charge on any atom is -0.378 e. The average molecular weight is 425 g/mol. The lowest BCUT2D eigenvalue weighted by Gasteiger charge is -2.27. The molecular weight excluding hydrogens is 396 g/mol. The minimum atomic E-state index is 0.0620. The Hall–Kier alpha value is -2.22. The number of aromatic nitrogens is 2. The summed E-state index contributed by atoms with van der Waals surface area (Å²) in [5, 5.41) is 9.78. The van der Waals surface area contributed by atoms with E-state index in [-0.39, 0.29) is 5.91 Å². The molecule has 1 saturated heterocycles. The first-order chi connectivity index (χ1) is 14.7. The molecule has 1 aromatic carbocycles. The average Bonchev–Trinajstić information content (AvgIpc) is 3.38. The van der Waals surface area contributed by atoms with Crippen LogP contribution in [-0.2, 0) is 30.7 Å². The molecule has 1 unspecified atom stereocenters. The molecular formula is C23H28N4O2S. The smallest absolute Gasteiger partial charge is 0.274 e. The van der Waals surface area contributed by atoms with Crippen molar-refractivity contribution in [3.8, 4) is 0 Å². The molecule has 3 aromatic rings. The third-order valence-corrected chi connectivity index (χ3v) is 7.30. The third-order valence-electron chi connectivity index (χ3n) is 6.19. The number of ether oxygens (including phenoxy) is 1. The van der Waals surface area contributed by atoms with Gasteiger partial charge in [0.05, 0.1) is 13.2 Å². The lowest BCUT2D eigenvalue weighted by Crippen LogP contribution is -2.41. The number of amides is 1. The maximum Gasteiger partial charge on any atom is 0.274 e. The van der Waals surface area contributed by atoms with Crippen LogP contribution in [0.1, 0.15) is 40.0 Å². The standard InChI is InChI=1S/C23H28N4O2S/c1-2-27-20-8-7-17(24-15-18-13-16-5-3-4-6-21(16)30-18)14-19(20)22(25-27)23(28)26-9-11-29-12-10-26/h3-6,13,17,24H,2,7-12,14-15H2,1H3. The number of thiophene rings is 1. The third kappa shape index (κ3) is 3.77. The fraction of sp³-hybridized carbons (Fsp3) is 0.478. The monoisotopic (exact) mass is 424 g/mol. The second-order valence-corrected chi connectivity index (χ2v) is 9.23.